The lowest BCUT2D eigenvalue weighted by atomic mass is 10.3. The summed E-state index contributed by atoms with van der Waals surface area (Å²) in [5.41, 5.74) is -0.249. The maximum absolute atomic E-state index is 11.8. The fourth-order valence-corrected chi connectivity index (χ4v) is 1.66. The predicted molar refractivity (Wildman–Crippen MR) is 68.2 cm³/mol. The van der Waals surface area contributed by atoms with Crippen LogP contribution in [-0.2, 0) is 7.05 Å². The molecule has 2 aromatic rings. The van der Waals surface area contributed by atoms with E-state index in [4.69, 9.17) is 5.39 Å². The quantitative estimate of drug-likeness (QED) is 0.752. The van der Waals surface area contributed by atoms with Crippen LogP contribution < -0.4 is 15.6 Å². The minimum absolute atomic E-state index is 0.0156. The lowest BCUT2D eigenvalue weighted by Gasteiger charge is -2.19. The molecule has 0 saturated carbocycles. The summed E-state index contributed by atoms with van der Waals surface area (Å²) in [6.45, 7) is 0. The molecule has 0 fully saturated rings. The third-order valence-electron chi connectivity index (χ3n) is 2.77. The molecule has 1 aromatic heterocycles. The smallest absolute Gasteiger partial charge is 0.491 e. The molecule has 0 atom stereocenters. The molecular weight excluding hydrogens is 246 g/mol. The van der Waals surface area contributed by atoms with Crippen LogP contribution in [0.4, 0.5) is 17.2 Å². The van der Waals surface area contributed by atoms with Crippen LogP contribution in [0.5, 0.6) is 6.01 Å². The van der Waals surface area contributed by atoms with Gasteiger partial charge in [0.2, 0.25) is 11.2 Å². The number of aromatic nitrogens is 2. The summed E-state index contributed by atoms with van der Waals surface area (Å²) in [5, 5.41) is 20.5. The van der Waals surface area contributed by atoms with Gasteiger partial charge >= 0.3 is 11.2 Å². The van der Waals surface area contributed by atoms with Crippen molar-refractivity contribution in [2.45, 2.75) is 0 Å². The fraction of sp³-hybridized carbons (Fsp3) is 0.167. The molecule has 7 nitrogen and oxygen atoms in total. The molecule has 1 aromatic carbocycles. The van der Waals surface area contributed by atoms with E-state index >= 15 is 0 Å². The van der Waals surface area contributed by atoms with E-state index in [1.165, 1.54) is 11.9 Å². The number of benzene rings is 1. The number of anilines is 2. The Morgan fingerprint density at radius 3 is 2.58 bits per heavy atom. The third-order valence-corrected chi connectivity index (χ3v) is 2.77. The van der Waals surface area contributed by atoms with E-state index in [9.17, 15) is 9.90 Å². The van der Waals surface area contributed by atoms with Crippen LogP contribution in [0.15, 0.2) is 35.1 Å². The Bertz CT molecular complexity index is 703. The summed E-state index contributed by atoms with van der Waals surface area (Å²) in [4.78, 5) is 20.0. The van der Waals surface area contributed by atoms with Gasteiger partial charge in [0.25, 0.3) is 0 Å². The minimum atomic E-state index is -0.699. The normalized spacial score (nSPS) is 9.95. The summed E-state index contributed by atoms with van der Waals surface area (Å²) in [6.07, 6.45) is 0. The van der Waals surface area contributed by atoms with Gasteiger partial charge in [-0.3, -0.25) is 4.79 Å². The van der Waals surface area contributed by atoms with Crippen molar-refractivity contribution in [3.63, 3.8) is 0 Å². The topological polar surface area (TPSA) is 89.3 Å². The van der Waals surface area contributed by atoms with Gasteiger partial charge in [-0.1, -0.05) is 18.2 Å². The Kier molecular flexibility index (Phi) is 3.16. The number of rotatable bonds is 2. The highest BCUT2D eigenvalue weighted by Gasteiger charge is 2.26. The van der Waals surface area contributed by atoms with Crippen LogP contribution in [0.25, 0.3) is 4.98 Å². The fourth-order valence-electron chi connectivity index (χ4n) is 1.66. The van der Waals surface area contributed by atoms with Crippen molar-refractivity contribution >= 4 is 17.2 Å². The molecule has 0 aliphatic rings. The Morgan fingerprint density at radius 1 is 1.37 bits per heavy atom. The first-order valence-corrected chi connectivity index (χ1v) is 5.48. The van der Waals surface area contributed by atoms with Gasteiger partial charge in [0.15, 0.2) is 4.98 Å². The zero-order valence-corrected chi connectivity index (χ0v) is 10.4. The van der Waals surface area contributed by atoms with Crippen LogP contribution in [-0.4, -0.2) is 16.6 Å². The lowest BCUT2D eigenvalue weighted by molar-refractivity contribution is -0.286. The van der Waals surface area contributed by atoms with Crippen molar-refractivity contribution in [2.24, 2.45) is 7.05 Å². The summed E-state index contributed by atoms with van der Waals surface area (Å²) < 4.78 is 0.789. The van der Waals surface area contributed by atoms with E-state index in [2.05, 4.69) is 9.96 Å². The molecule has 0 aliphatic carbocycles. The average Bonchev–Trinajstić information content (AvgIpc) is 2.44. The van der Waals surface area contributed by atoms with E-state index < -0.39 is 11.6 Å². The highest BCUT2D eigenvalue weighted by Crippen LogP contribution is 2.28. The SMILES string of the molecule is CN(c1ccccc1)c1nc([O-])n(C)c(=O)c1[N+]#N. The van der Waals surface area contributed by atoms with E-state index in [0.29, 0.717) is 5.69 Å². The molecule has 0 aliphatic heterocycles. The molecule has 1 heterocycles. The van der Waals surface area contributed by atoms with Gasteiger partial charge in [-0.2, -0.15) is 0 Å². The minimum Gasteiger partial charge on any atom is -0.846 e. The number of nitrogens with zero attached hydrogens (tertiary/aromatic N) is 5. The number of diazo groups is 1. The van der Waals surface area contributed by atoms with Crippen LogP contribution >= 0.6 is 0 Å². The van der Waals surface area contributed by atoms with Gasteiger partial charge in [-0.15, -0.1) is 0 Å². The van der Waals surface area contributed by atoms with Crippen LogP contribution in [0, 0.1) is 5.39 Å². The molecule has 0 radical (unpaired) electrons. The highest BCUT2D eigenvalue weighted by atomic mass is 16.3. The molecule has 0 unspecified atom stereocenters. The molecule has 0 bridgehead atoms. The van der Waals surface area contributed by atoms with Gasteiger partial charge in [0.1, 0.15) is 0 Å². The predicted octanol–water partition coefficient (Wildman–Crippen LogP) is 1.11. The van der Waals surface area contributed by atoms with Gasteiger partial charge in [0, 0.05) is 19.8 Å². The number of para-hydroxylation sites is 1. The zero-order valence-electron chi connectivity index (χ0n) is 10.4. The molecule has 96 valence electrons. The molecule has 19 heavy (non-hydrogen) atoms. The summed E-state index contributed by atoms with van der Waals surface area (Å²) in [5.74, 6) is 0.0156. The molecule has 0 saturated heterocycles. The van der Waals surface area contributed by atoms with Crippen LogP contribution in [0.2, 0.25) is 0 Å². The van der Waals surface area contributed by atoms with E-state index in [-0.39, 0.29) is 11.5 Å². The first kappa shape index (κ1) is 12.6. The van der Waals surface area contributed by atoms with E-state index in [0.717, 1.165) is 4.57 Å². The molecule has 2 rings (SSSR count). The van der Waals surface area contributed by atoms with Crippen LogP contribution in [0.1, 0.15) is 0 Å². The summed E-state index contributed by atoms with van der Waals surface area (Å²) >= 11 is 0. The maximum Gasteiger partial charge on any atom is 0.491 e. The van der Waals surface area contributed by atoms with Gasteiger partial charge < -0.3 is 14.6 Å². The van der Waals surface area contributed by atoms with Crippen molar-refractivity contribution in [3.05, 3.63) is 45.7 Å². The summed E-state index contributed by atoms with van der Waals surface area (Å²) in [7, 11) is 2.91. The largest absolute Gasteiger partial charge is 0.846 e. The van der Waals surface area contributed by atoms with Gasteiger partial charge in [-0.25, -0.2) is 4.98 Å². The van der Waals surface area contributed by atoms with E-state index in [1.54, 1.807) is 31.3 Å². The Hall–Kier alpha value is -2.88. The van der Waals surface area contributed by atoms with Crippen molar-refractivity contribution in [2.75, 3.05) is 11.9 Å². The zero-order chi connectivity index (χ0) is 14.0. The second-order valence-corrected chi connectivity index (χ2v) is 3.93. The molecule has 0 amide bonds. The molecule has 0 spiro atoms. The number of hydrogen-bond donors (Lipinski definition) is 0. The monoisotopic (exact) mass is 257 g/mol. The standard InChI is InChI=1S/C12H11N5O2/c1-16(8-6-4-3-5-7-8)10-9(15-13)11(18)17(2)12(19)14-10/h3-7H,1-2H3. The Morgan fingerprint density at radius 2 is 2.00 bits per heavy atom. The lowest BCUT2D eigenvalue weighted by Crippen LogP contribution is -2.25. The molecule has 7 heteroatoms. The first-order chi connectivity index (χ1) is 9.06. The highest BCUT2D eigenvalue weighted by molar-refractivity contribution is 5.72. The Labute approximate surface area is 109 Å². The molecule has 0 N–H and O–H groups in total. The maximum atomic E-state index is 11.8. The second kappa shape index (κ2) is 4.78. The summed E-state index contributed by atoms with van der Waals surface area (Å²) in [6, 6.07) is 8.32. The van der Waals surface area contributed by atoms with Crippen molar-refractivity contribution in [1.82, 2.24) is 9.55 Å². The van der Waals surface area contributed by atoms with Gasteiger partial charge in [0.05, 0.1) is 6.01 Å². The Balaban J connectivity index is 2.64. The van der Waals surface area contributed by atoms with E-state index in [1.807, 2.05) is 6.07 Å². The van der Waals surface area contributed by atoms with Crippen LogP contribution in [0.3, 0.4) is 0 Å². The average molecular weight is 257 g/mol. The number of hydrogen-bond acceptors (Lipinski definition) is 5. The first-order valence-electron chi connectivity index (χ1n) is 5.48. The second-order valence-electron chi connectivity index (χ2n) is 3.93. The van der Waals surface area contributed by atoms with Crippen molar-refractivity contribution < 1.29 is 5.11 Å². The van der Waals surface area contributed by atoms with Crippen molar-refractivity contribution in [1.29, 1.82) is 5.39 Å². The van der Waals surface area contributed by atoms with Crippen molar-refractivity contribution in [3.8, 4) is 6.01 Å². The third kappa shape index (κ3) is 2.11. The molecular formula is C12H11N5O2. The van der Waals surface area contributed by atoms with Gasteiger partial charge in [-0.05, 0) is 12.1 Å².